The number of rotatable bonds is 4. The van der Waals surface area contributed by atoms with Crippen LogP contribution in [-0.2, 0) is 6.42 Å². The van der Waals surface area contributed by atoms with Gasteiger partial charge in [0.25, 0.3) is 0 Å². The molecule has 6 heteroatoms. The lowest BCUT2D eigenvalue weighted by Crippen LogP contribution is -2.30. The molecule has 0 radical (unpaired) electrons. The molecule has 0 spiro atoms. The number of fused-ring (bicyclic) bond motifs is 1. The van der Waals surface area contributed by atoms with E-state index in [1.165, 1.54) is 13.2 Å². The van der Waals surface area contributed by atoms with Gasteiger partial charge in [0.05, 0.1) is 27.4 Å². The van der Waals surface area contributed by atoms with Crippen molar-refractivity contribution >= 4 is 0 Å². The van der Waals surface area contributed by atoms with Crippen molar-refractivity contribution in [3.05, 3.63) is 41.5 Å². The number of aliphatic hydroxyl groups is 1. The Balaban J connectivity index is 1.98. The van der Waals surface area contributed by atoms with Crippen LogP contribution in [-0.4, -0.2) is 37.6 Å². The normalized spacial score (nSPS) is 19.2. The number of hydrogen-bond acceptors (Lipinski definition) is 6. The molecule has 0 bridgehead atoms. The van der Waals surface area contributed by atoms with Gasteiger partial charge >= 0.3 is 0 Å². The van der Waals surface area contributed by atoms with Gasteiger partial charge in [-0.1, -0.05) is 6.07 Å². The average molecular weight is 332 g/mol. The number of ether oxygens (including phenoxy) is 4. The second kappa shape index (κ2) is 6.49. The molecule has 2 N–H and O–H groups in total. The summed E-state index contributed by atoms with van der Waals surface area (Å²) in [6.07, 6.45) is -1.00. The molecule has 0 saturated carbocycles. The van der Waals surface area contributed by atoms with Crippen molar-refractivity contribution in [3.63, 3.8) is 0 Å². The zero-order valence-corrected chi connectivity index (χ0v) is 13.8. The first-order valence-electron chi connectivity index (χ1n) is 7.54. The monoisotopic (exact) mass is 332 g/mol. The Morgan fingerprint density at radius 1 is 1.00 bits per heavy atom. The number of aromatic hydroxyl groups is 1. The standard InChI is InChI=1S/C18H20O6/c1-21-11-7-16(23-3)12-9-14(20)18(24-17(12)8-11)10-4-5-15(22-2)13(19)6-10/h4-8,14,18-20H,9H2,1-3H3/t14-,18-/m1/s1. The molecule has 0 amide bonds. The summed E-state index contributed by atoms with van der Waals surface area (Å²) in [6, 6.07) is 8.46. The second-order valence-corrected chi connectivity index (χ2v) is 5.55. The highest BCUT2D eigenvalue weighted by atomic mass is 16.5. The third-order valence-electron chi connectivity index (χ3n) is 4.15. The minimum Gasteiger partial charge on any atom is -0.504 e. The van der Waals surface area contributed by atoms with E-state index in [4.69, 9.17) is 18.9 Å². The van der Waals surface area contributed by atoms with Gasteiger partial charge in [-0.25, -0.2) is 0 Å². The lowest BCUT2D eigenvalue weighted by atomic mass is 9.94. The first kappa shape index (κ1) is 16.3. The predicted octanol–water partition coefficient (Wildman–Crippen LogP) is 2.46. The van der Waals surface area contributed by atoms with Gasteiger partial charge in [-0.2, -0.15) is 0 Å². The van der Waals surface area contributed by atoms with Crippen LogP contribution >= 0.6 is 0 Å². The fourth-order valence-corrected chi connectivity index (χ4v) is 2.91. The molecular weight excluding hydrogens is 312 g/mol. The molecule has 6 nitrogen and oxygen atoms in total. The molecule has 128 valence electrons. The Labute approximate surface area is 140 Å². The van der Waals surface area contributed by atoms with Crippen molar-refractivity contribution in [2.75, 3.05) is 21.3 Å². The van der Waals surface area contributed by atoms with Gasteiger partial charge in [-0.3, -0.25) is 0 Å². The maximum Gasteiger partial charge on any atom is 0.160 e. The van der Waals surface area contributed by atoms with Gasteiger partial charge in [0.15, 0.2) is 11.5 Å². The van der Waals surface area contributed by atoms with E-state index in [-0.39, 0.29) is 5.75 Å². The highest BCUT2D eigenvalue weighted by Gasteiger charge is 2.32. The summed E-state index contributed by atoms with van der Waals surface area (Å²) in [6.45, 7) is 0. The van der Waals surface area contributed by atoms with Gasteiger partial charge in [0.1, 0.15) is 23.4 Å². The fourth-order valence-electron chi connectivity index (χ4n) is 2.91. The zero-order chi connectivity index (χ0) is 17.3. The summed E-state index contributed by atoms with van der Waals surface area (Å²) in [5, 5.41) is 20.5. The van der Waals surface area contributed by atoms with Gasteiger partial charge in [0.2, 0.25) is 0 Å². The Kier molecular flexibility index (Phi) is 4.40. The van der Waals surface area contributed by atoms with E-state index in [2.05, 4.69) is 0 Å². The Bertz CT molecular complexity index is 743. The number of benzene rings is 2. The molecule has 24 heavy (non-hydrogen) atoms. The maximum atomic E-state index is 10.5. The molecule has 0 saturated heterocycles. The first-order valence-corrected chi connectivity index (χ1v) is 7.54. The van der Waals surface area contributed by atoms with Gasteiger partial charge in [-0.05, 0) is 17.7 Å². The van der Waals surface area contributed by atoms with Crippen LogP contribution in [0.1, 0.15) is 17.2 Å². The molecule has 0 aliphatic carbocycles. The highest BCUT2D eigenvalue weighted by molar-refractivity contribution is 5.53. The summed E-state index contributed by atoms with van der Waals surface area (Å²) < 4.78 is 21.7. The zero-order valence-electron chi connectivity index (χ0n) is 13.8. The summed E-state index contributed by atoms with van der Waals surface area (Å²) >= 11 is 0. The first-order chi connectivity index (χ1) is 11.6. The van der Waals surface area contributed by atoms with E-state index in [1.807, 2.05) is 0 Å². The minimum absolute atomic E-state index is 0.000167. The average Bonchev–Trinajstić information content (AvgIpc) is 2.60. The summed E-state index contributed by atoms with van der Waals surface area (Å²) in [5.41, 5.74) is 1.45. The summed E-state index contributed by atoms with van der Waals surface area (Å²) in [4.78, 5) is 0. The third-order valence-corrected chi connectivity index (χ3v) is 4.15. The predicted molar refractivity (Wildman–Crippen MR) is 87.3 cm³/mol. The molecule has 2 aromatic rings. The van der Waals surface area contributed by atoms with Crippen LogP contribution in [0, 0.1) is 0 Å². The molecule has 3 rings (SSSR count). The largest absolute Gasteiger partial charge is 0.504 e. The van der Waals surface area contributed by atoms with Crippen molar-refractivity contribution in [2.24, 2.45) is 0 Å². The maximum absolute atomic E-state index is 10.5. The summed E-state index contributed by atoms with van der Waals surface area (Å²) in [5.74, 6) is 2.18. The Morgan fingerprint density at radius 3 is 2.38 bits per heavy atom. The number of methoxy groups -OCH3 is 3. The molecule has 0 aromatic heterocycles. The van der Waals surface area contributed by atoms with Crippen molar-refractivity contribution < 1.29 is 29.2 Å². The van der Waals surface area contributed by atoms with Crippen LogP contribution < -0.4 is 18.9 Å². The van der Waals surface area contributed by atoms with Gasteiger partial charge in [0, 0.05) is 24.1 Å². The van der Waals surface area contributed by atoms with E-state index >= 15 is 0 Å². The fraction of sp³-hybridized carbons (Fsp3) is 0.333. The molecule has 0 fully saturated rings. The molecule has 1 aliphatic heterocycles. The van der Waals surface area contributed by atoms with Crippen LogP contribution in [0.4, 0.5) is 0 Å². The van der Waals surface area contributed by atoms with Crippen molar-refractivity contribution in [3.8, 4) is 28.7 Å². The van der Waals surface area contributed by atoms with E-state index in [0.717, 1.165) is 5.56 Å². The quantitative estimate of drug-likeness (QED) is 0.895. The molecule has 1 aliphatic rings. The minimum atomic E-state index is -0.771. The van der Waals surface area contributed by atoms with Crippen LogP contribution in [0.2, 0.25) is 0 Å². The molecular formula is C18H20O6. The number of aliphatic hydroxyl groups excluding tert-OH is 1. The SMILES string of the molecule is COc1cc(OC)c2c(c1)O[C@H](c1ccc(OC)c(O)c1)[C@H](O)C2. The van der Waals surface area contributed by atoms with Gasteiger partial charge in [-0.15, -0.1) is 0 Å². The van der Waals surface area contributed by atoms with Gasteiger partial charge < -0.3 is 29.2 Å². The van der Waals surface area contributed by atoms with Crippen molar-refractivity contribution in [1.82, 2.24) is 0 Å². The summed E-state index contributed by atoms with van der Waals surface area (Å²) in [7, 11) is 4.61. The second-order valence-electron chi connectivity index (χ2n) is 5.55. The van der Waals surface area contributed by atoms with Crippen LogP contribution in [0.3, 0.4) is 0 Å². The number of phenolic OH excluding ortho intramolecular Hbond substituents is 1. The molecule has 2 aromatic carbocycles. The van der Waals surface area contributed by atoms with E-state index in [9.17, 15) is 10.2 Å². The molecule has 1 heterocycles. The number of phenols is 1. The van der Waals surface area contributed by atoms with Crippen LogP contribution in [0.25, 0.3) is 0 Å². The molecule has 0 unspecified atom stereocenters. The molecule has 2 atom stereocenters. The lowest BCUT2D eigenvalue weighted by Gasteiger charge is -2.32. The highest BCUT2D eigenvalue weighted by Crippen LogP contribution is 2.43. The van der Waals surface area contributed by atoms with E-state index in [1.54, 1.807) is 38.5 Å². The lowest BCUT2D eigenvalue weighted by molar-refractivity contribution is 0.0197. The van der Waals surface area contributed by atoms with Crippen LogP contribution in [0.15, 0.2) is 30.3 Å². The topological polar surface area (TPSA) is 77.4 Å². The Hall–Kier alpha value is -2.60. The van der Waals surface area contributed by atoms with Crippen molar-refractivity contribution in [1.29, 1.82) is 0 Å². The van der Waals surface area contributed by atoms with E-state index in [0.29, 0.717) is 35.0 Å². The smallest absolute Gasteiger partial charge is 0.160 e. The van der Waals surface area contributed by atoms with Crippen molar-refractivity contribution in [2.45, 2.75) is 18.6 Å². The third kappa shape index (κ3) is 2.80. The van der Waals surface area contributed by atoms with Crippen LogP contribution in [0.5, 0.6) is 28.7 Å². The number of hydrogen-bond donors (Lipinski definition) is 2. The Morgan fingerprint density at radius 2 is 1.75 bits per heavy atom. The van der Waals surface area contributed by atoms with E-state index < -0.39 is 12.2 Å².